The molecule has 0 radical (unpaired) electrons. The zero-order valence-corrected chi connectivity index (χ0v) is 12.6. The lowest BCUT2D eigenvalue weighted by atomic mass is 10.0. The number of nitrogens with zero attached hydrogens (tertiary/aromatic N) is 1. The quantitative estimate of drug-likeness (QED) is 0.870. The lowest BCUT2D eigenvalue weighted by Crippen LogP contribution is -2.45. The monoisotopic (exact) mass is 282 g/mol. The van der Waals surface area contributed by atoms with Crippen LogP contribution in [0.5, 0.6) is 0 Å². The van der Waals surface area contributed by atoms with Crippen molar-refractivity contribution in [2.75, 3.05) is 19.8 Å². The Morgan fingerprint density at radius 2 is 2.37 bits per heavy atom. The van der Waals surface area contributed by atoms with E-state index in [0.29, 0.717) is 25.7 Å². The third-order valence-electron chi connectivity index (χ3n) is 3.49. The first-order valence-electron chi connectivity index (χ1n) is 6.79. The maximum absolute atomic E-state index is 12.2. The van der Waals surface area contributed by atoms with E-state index in [4.69, 9.17) is 4.74 Å². The van der Waals surface area contributed by atoms with Crippen molar-refractivity contribution in [3.05, 3.63) is 22.4 Å². The van der Waals surface area contributed by atoms with E-state index in [2.05, 4.69) is 30.6 Å². The smallest absolute Gasteiger partial charge is 0.238 e. The predicted molar refractivity (Wildman–Crippen MR) is 77.0 cm³/mol. The van der Waals surface area contributed by atoms with Crippen LogP contribution in [0.4, 0.5) is 0 Å². The molecule has 1 amide bonds. The minimum atomic E-state index is -0.00777. The van der Waals surface area contributed by atoms with Gasteiger partial charge in [0.25, 0.3) is 0 Å². The average Bonchev–Trinajstić information content (AvgIpc) is 3.00. The fourth-order valence-corrected chi connectivity index (χ4v) is 3.11. The maximum atomic E-state index is 12.2. The molecule has 4 nitrogen and oxygen atoms in total. The Morgan fingerprint density at radius 3 is 2.95 bits per heavy atom. The molecule has 1 aliphatic heterocycles. The number of hydrogen-bond donors (Lipinski definition) is 1. The number of hydrogen-bond acceptors (Lipinski definition) is 4. The molecule has 0 aromatic carbocycles. The summed E-state index contributed by atoms with van der Waals surface area (Å²) in [6, 6.07) is 2.19. The van der Waals surface area contributed by atoms with Crippen LogP contribution < -0.4 is 5.32 Å². The molecule has 0 saturated carbocycles. The summed E-state index contributed by atoms with van der Waals surface area (Å²) < 4.78 is 5.56. The van der Waals surface area contributed by atoms with Gasteiger partial charge in [0.15, 0.2) is 0 Å². The molecule has 2 rings (SSSR count). The molecule has 106 valence electrons. The fraction of sp³-hybridized carbons (Fsp3) is 0.643. The van der Waals surface area contributed by atoms with Crippen LogP contribution in [0.2, 0.25) is 0 Å². The number of amides is 1. The van der Waals surface area contributed by atoms with Gasteiger partial charge in [0.2, 0.25) is 5.91 Å². The van der Waals surface area contributed by atoms with Crippen LogP contribution in [0, 0.1) is 5.92 Å². The van der Waals surface area contributed by atoms with E-state index in [1.807, 2.05) is 17.2 Å². The number of ether oxygens (including phenoxy) is 1. The van der Waals surface area contributed by atoms with Crippen LogP contribution in [0.15, 0.2) is 16.8 Å². The number of carbonyl (C=O) groups is 1. The summed E-state index contributed by atoms with van der Waals surface area (Å²) in [7, 11) is 0. The van der Waals surface area contributed by atoms with E-state index in [-0.39, 0.29) is 18.1 Å². The van der Waals surface area contributed by atoms with Crippen molar-refractivity contribution >= 4 is 17.2 Å². The van der Waals surface area contributed by atoms with Gasteiger partial charge in [-0.25, -0.2) is 0 Å². The zero-order valence-electron chi connectivity index (χ0n) is 11.8. The lowest BCUT2D eigenvalue weighted by molar-refractivity contribution is -0.133. The Kier molecular flexibility index (Phi) is 4.96. The summed E-state index contributed by atoms with van der Waals surface area (Å²) >= 11 is 1.66. The van der Waals surface area contributed by atoms with Gasteiger partial charge in [-0.05, 0) is 35.2 Å². The Balaban J connectivity index is 2.19. The van der Waals surface area contributed by atoms with Gasteiger partial charge in [0.1, 0.15) is 6.17 Å². The van der Waals surface area contributed by atoms with E-state index >= 15 is 0 Å². The molecule has 2 atom stereocenters. The van der Waals surface area contributed by atoms with Gasteiger partial charge < -0.3 is 9.64 Å². The first-order chi connectivity index (χ1) is 9.15. The SMILES string of the molecule is CCOCC(C(C)C)N1C(=O)CNC1c1ccsc1. The first kappa shape index (κ1) is 14.5. The van der Waals surface area contributed by atoms with Crippen molar-refractivity contribution in [1.29, 1.82) is 0 Å². The Bertz CT molecular complexity index is 406. The second-order valence-corrected chi connectivity index (χ2v) is 5.89. The van der Waals surface area contributed by atoms with Crippen molar-refractivity contribution in [3.8, 4) is 0 Å². The number of carbonyl (C=O) groups excluding carboxylic acids is 1. The molecule has 1 aromatic rings. The summed E-state index contributed by atoms with van der Waals surface area (Å²) in [6.45, 7) is 7.96. The highest BCUT2D eigenvalue weighted by atomic mass is 32.1. The molecular weight excluding hydrogens is 260 g/mol. The van der Waals surface area contributed by atoms with Gasteiger partial charge in [0, 0.05) is 6.61 Å². The van der Waals surface area contributed by atoms with Gasteiger partial charge in [-0.2, -0.15) is 11.3 Å². The second-order valence-electron chi connectivity index (χ2n) is 5.11. The highest BCUT2D eigenvalue weighted by Crippen LogP contribution is 2.29. The van der Waals surface area contributed by atoms with Crippen LogP contribution in [-0.2, 0) is 9.53 Å². The summed E-state index contributed by atoms with van der Waals surface area (Å²) in [6.07, 6.45) is -0.00777. The van der Waals surface area contributed by atoms with E-state index < -0.39 is 0 Å². The van der Waals surface area contributed by atoms with Crippen LogP contribution >= 0.6 is 11.3 Å². The number of thiophene rings is 1. The highest BCUT2D eigenvalue weighted by Gasteiger charge is 2.38. The van der Waals surface area contributed by atoms with Crippen molar-refractivity contribution in [1.82, 2.24) is 10.2 Å². The summed E-state index contributed by atoms with van der Waals surface area (Å²) in [4.78, 5) is 14.2. The van der Waals surface area contributed by atoms with Gasteiger partial charge in [-0.1, -0.05) is 13.8 Å². The van der Waals surface area contributed by atoms with Crippen molar-refractivity contribution in [2.45, 2.75) is 33.0 Å². The van der Waals surface area contributed by atoms with E-state index in [1.54, 1.807) is 11.3 Å². The Morgan fingerprint density at radius 1 is 1.58 bits per heavy atom. The third kappa shape index (κ3) is 3.16. The lowest BCUT2D eigenvalue weighted by Gasteiger charge is -2.35. The topological polar surface area (TPSA) is 41.6 Å². The molecule has 0 spiro atoms. The minimum Gasteiger partial charge on any atom is -0.380 e. The summed E-state index contributed by atoms with van der Waals surface area (Å²) in [5, 5.41) is 7.44. The van der Waals surface area contributed by atoms with E-state index in [1.165, 1.54) is 0 Å². The average molecular weight is 282 g/mol. The van der Waals surface area contributed by atoms with Gasteiger partial charge >= 0.3 is 0 Å². The first-order valence-corrected chi connectivity index (χ1v) is 7.73. The van der Waals surface area contributed by atoms with Crippen molar-refractivity contribution < 1.29 is 9.53 Å². The molecule has 2 heterocycles. The normalized spacial score (nSPS) is 21.4. The van der Waals surface area contributed by atoms with Crippen LogP contribution in [0.25, 0.3) is 0 Å². The molecular formula is C14H22N2O2S. The Labute approximate surface area is 118 Å². The predicted octanol–water partition coefficient (Wildman–Crippen LogP) is 2.24. The van der Waals surface area contributed by atoms with Crippen LogP contribution in [0.1, 0.15) is 32.5 Å². The van der Waals surface area contributed by atoms with Crippen molar-refractivity contribution in [3.63, 3.8) is 0 Å². The van der Waals surface area contributed by atoms with E-state index in [0.717, 1.165) is 5.56 Å². The molecule has 0 aliphatic carbocycles. The molecule has 1 N–H and O–H groups in total. The van der Waals surface area contributed by atoms with Gasteiger partial charge in [0.05, 0.1) is 19.2 Å². The van der Waals surface area contributed by atoms with Gasteiger partial charge in [-0.3, -0.25) is 10.1 Å². The minimum absolute atomic E-state index is 0.00777. The highest BCUT2D eigenvalue weighted by molar-refractivity contribution is 7.07. The summed E-state index contributed by atoms with van der Waals surface area (Å²) in [5.74, 6) is 0.533. The standard InChI is InChI=1S/C14H22N2O2S/c1-4-18-8-12(10(2)3)16-13(17)7-15-14(16)11-5-6-19-9-11/h5-6,9-10,12,14-15H,4,7-8H2,1-3H3. The fourth-order valence-electron chi connectivity index (χ4n) is 2.44. The molecule has 1 aromatic heterocycles. The summed E-state index contributed by atoms with van der Waals surface area (Å²) in [5.41, 5.74) is 1.16. The molecule has 1 saturated heterocycles. The molecule has 1 fully saturated rings. The number of rotatable bonds is 6. The molecule has 19 heavy (non-hydrogen) atoms. The van der Waals surface area contributed by atoms with Crippen molar-refractivity contribution in [2.24, 2.45) is 5.92 Å². The molecule has 2 unspecified atom stereocenters. The molecule has 5 heteroatoms. The van der Waals surface area contributed by atoms with Crippen LogP contribution in [-0.4, -0.2) is 36.6 Å². The molecule has 1 aliphatic rings. The second kappa shape index (κ2) is 6.50. The maximum Gasteiger partial charge on any atom is 0.238 e. The largest absolute Gasteiger partial charge is 0.380 e. The number of nitrogens with one attached hydrogen (secondary N) is 1. The third-order valence-corrected chi connectivity index (χ3v) is 4.19. The molecule has 0 bridgehead atoms. The van der Waals surface area contributed by atoms with Gasteiger partial charge in [-0.15, -0.1) is 0 Å². The van der Waals surface area contributed by atoms with Crippen LogP contribution in [0.3, 0.4) is 0 Å². The zero-order chi connectivity index (χ0) is 13.8. The van der Waals surface area contributed by atoms with E-state index in [9.17, 15) is 4.79 Å². The Hall–Kier alpha value is -0.910.